The molecular weight excluding hydrogens is 599 g/mol. The Morgan fingerprint density at radius 3 is 1.59 bits per heavy atom. The Balaban J connectivity index is 1.29. The molecule has 0 aliphatic carbocycles. The second-order valence-electron chi connectivity index (χ2n) is 12.5. The number of rotatable bonds is 5. The highest BCUT2D eigenvalue weighted by atomic mass is 16.3. The molecule has 10 aromatic rings. The maximum atomic E-state index is 6.76. The van der Waals surface area contributed by atoms with Gasteiger partial charge in [0.05, 0.1) is 22.1 Å². The van der Waals surface area contributed by atoms with Gasteiger partial charge in [0.1, 0.15) is 22.3 Å². The quantitative estimate of drug-likeness (QED) is 0.190. The van der Waals surface area contributed by atoms with Crippen molar-refractivity contribution < 1.29 is 8.83 Å². The minimum atomic E-state index is 0.845. The molecule has 3 heteroatoms. The van der Waals surface area contributed by atoms with Crippen LogP contribution in [0.3, 0.4) is 0 Å². The highest BCUT2D eigenvalue weighted by Gasteiger charge is 2.24. The number of anilines is 3. The van der Waals surface area contributed by atoms with E-state index in [0.29, 0.717) is 0 Å². The zero-order valence-corrected chi connectivity index (χ0v) is 26.5. The van der Waals surface area contributed by atoms with Gasteiger partial charge in [-0.3, -0.25) is 0 Å². The number of furan rings is 2. The maximum Gasteiger partial charge on any atom is 0.137 e. The van der Waals surface area contributed by atoms with Crippen LogP contribution in [0.15, 0.2) is 185 Å². The van der Waals surface area contributed by atoms with Crippen LogP contribution in [-0.2, 0) is 0 Å². The lowest BCUT2D eigenvalue weighted by atomic mass is 9.94. The number of para-hydroxylation sites is 1. The van der Waals surface area contributed by atoms with E-state index in [-0.39, 0.29) is 0 Å². The molecule has 0 aliphatic rings. The summed E-state index contributed by atoms with van der Waals surface area (Å²) in [4.78, 5) is 2.37. The van der Waals surface area contributed by atoms with Gasteiger partial charge in [-0.1, -0.05) is 127 Å². The Morgan fingerprint density at radius 2 is 0.857 bits per heavy atom. The van der Waals surface area contributed by atoms with E-state index in [1.54, 1.807) is 0 Å². The topological polar surface area (TPSA) is 29.5 Å². The zero-order valence-electron chi connectivity index (χ0n) is 26.5. The Bertz CT molecular complexity index is 2810. The van der Waals surface area contributed by atoms with Gasteiger partial charge in [-0.15, -0.1) is 0 Å². The molecule has 0 N–H and O–H groups in total. The van der Waals surface area contributed by atoms with Crippen LogP contribution in [0.25, 0.3) is 76.9 Å². The van der Waals surface area contributed by atoms with E-state index in [1.807, 2.05) is 12.1 Å². The second kappa shape index (κ2) is 11.0. The first-order valence-corrected chi connectivity index (χ1v) is 16.6. The van der Waals surface area contributed by atoms with E-state index in [0.717, 1.165) is 71.9 Å². The Labute approximate surface area is 282 Å². The predicted octanol–water partition coefficient (Wildman–Crippen LogP) is 13.4. The average molecular weight is 628 g/mol. The number of nitrogens with zero attached hydrogens (tertiary/aromatic N) is 1. The van der Waals surface area contributed by atoms with E-state index in [4.69, 9.17) is 8.83 Å². The van der Waals surface area contributed by atoms with Gasteiger partial charge < -0.3 is 13.7 Å². The van der Waals surface area contributed by atoms with Gasteiger partial charge in [-0.05, 0) is 81.6 Å². The molecule has 0 saturated carbocycles. The minimum absolute atomic E-state index is 0.845. The van der Waals surface area contributed by atoms with E-state index >= 15 is 0 Å². The fraction of sp³-hybridized carbons (Fsp3) is 0. The van der Waals surface area contributed by atoms with Crippen molar-refractivity contribution in [1.29, 1.82) is 0 Å². The standard InChI is InChI=1S/C46H29NO2/c1-3-13-30(14-4-1)31-25-27-33(28-26-31)47(38-20-11-23-41-44(38)36-19-9-10-22-40(36)48-41)39-21-12-24-42-46(39)45-35-18-8-7-17-34(35)37(29-43(45)49-42)32-15-5-2-6-16-32/h1-29H. The SMILES string of the molecule is c1ccc(-c2ccc(N(c3cccc4oc5ccccc5c34)c3cccc4oc5cc(-c6ccccc6)c6ccccc6c5c34)cc2)cc1. The predicted molar refractivity (Wildman–Crippen MR) is 204 cm³/mol. The molecule has 230 valence electrons. The first kappa shape index (κ1) is 27.5. The summed E-state index contributed by atoms with van der Waals surface area (Å²) in [5, 5.41) is 6.70. The van der Waals surface area contributed by atoms with Gasteiger partial charge in [0.25, 0.3) is 0 Å². The van der Waals surface area contributed by atoms with Crippen LogP contribution in [0.2, 0.25) is 0 Å². The summed E-state index contributed by atoms with van der Waals surface area (Å²) in [5.41, 5.74) is 11.2. The van der Waals surface area contributed by atoms with Gasteiger partial charge in [0.15, 0.2) is 0 Å². The number of hydrogen-bond donors (Lipinski definition) is 0. The molecule has 10 rings (SSSR count). The van der Waals surface area contributed by atoms with E-state index < -0.39 is 0 Å². The van der Waals surface area contributed by atoms with Gasteiger partial charge in [0.2, 0.25) is 0 Å². The van der Waals surface area contributed by atoms with Crippen molar-refractivity contribution in [2.75, 3.05) is 4.90 Å². The summed E-state index contributed by atoms with van der Waals surface area (Å²) < 4.78 is 13.2. The Kier molecular flexibility index (Phi) is 6.18. The molecule has 0 amide bonds. The third-order valence-electron chi connectivity index (χ3n) is 9.66. The van der Waals surface area contributed by atoms with Crippen LogP contribution in [0.1, 0.15) is 0 Å². The summed E-state index contributed by atoms with van der Waals surface area (Å²) in [6.45, 7) is 0. The van der Waals surface area contributed by atoms with Crippen molar-refractivity contribution in [3.05, 3.63) is 176 Å². The molecule has 49 heavy (non-hydrogen) atoms. The van der Waals surface area contributed by atoms with Gasteiger partial charge in [-0.25, -0.2) is 0 Å². The number of hydrogen-bond acceptors (Lipinski definition) is 3. The lowest BCUT2D eigenvalue weighted by Crippen LogP contribution is -2.10. The first-order valence-electron chi connectivity index (χ1n) is 16.6. The second-order valence-corrected chi connectivity index (χ2v) is 12.5. The molecule has 0 aliphatic heterocycles. The normalized spacial score (nSPS) is 11.7. The van der Waals surface area contributed by atoms with Gasteiger partial charge >= 0.3 is 0 Å². The molecule has 0 spiro atoms. The highest BCUT2D eigenvalue weighted by molar-refractivity contribution is 6.26. The molecule has 0 atom stereocenters. The summed E-state index contributed by atoms with van der Waals surface area (Å²) in [6, 6.07) is 61.9. The molecule has 0 fully saturated rings. The van der Waals surface area contributed by atoms with E-state index in [9.17, 15) is 0 Å². The number of benzene rings is 8. The van der Waals surface area contributed by atoms with Crippen molar-refractivity contribution in [3.8, 4) is 22.3 Å². The van der Waals surface area contributed by atoms with Crippen LogP contribution in [0.5, 0.6) is 0 Å². The largest absolute Gasteiger partial charge is 0.456 e. The lowest BCUT2D eigenvalue weighted by Gasteiger charge is -2.27. The Morgan fingerprint density at radius 1 is 0.327 bits per heavy atom. The van der Waals surface area contributed by atoms with Crippen molar-refractivity contribution in [2.24, 2.45) is 0 Å². The fourth-order valence-corrected chi connectivity index (χ4v) is 7.49. The molecule has 2 aromatic heterocycles. The van der Waals surface area contributed by atoms with Crippen molar-refractivity contribution in [1.82, 2.24) is 0 Å². The third kappa shape index (κ3) is 4.37. The summed E-state index contributed by atoms with van der Waals surface area (Å²) >= 11 is 0. The smallest absolute Gasteiger partial charge is 0.137 e. The van der Waals surface area contributed by atoms with Crippen LogP contribution in [0.4, 0.5) is 17.1 Å². The van der Waals surface area contributed by atoms with E-state index in [1.165, 1.54) is 22.1 Å². The summed E-state index contributed by atoms with van der Waals surface area (Å²) in [7, 11) is 0. The molecule has 3 nitrogen and oxygen atoms in total. The minimum Gasteiger partial charge on any atom is -0.456 e. The Hall–Kier alpha value is -6.58. The van der Waals surface area contributed by atoms with Crippen LogP contribution in [0, 0.1) is 0 Å². The molecule has 0 radical (unpaired) electrons. The molecule has 0 unspecified atom stereocenters. The molecule has 2 heterocycles. The van der Waals surface area contributed by atoms with Crippen molar-refractivity contribution >= 4 is 71.7 Å². The molecule has 8 aromatic carbocycles. The van der Waals surface area contributed by atoms with Crippen LogP contribution < -0.4 is 4.90 Å². The lowest BCUT2D eigenvalue weighted by molar-refractivity contribution is 0.669. The maximum absolute atomic E-state index is 6.76. The monoisotopic (exact) mass is 627 g/mol. The van der Waals surface area contributed by atoms with Gasteiger partial charge in [-0.2, -0.15) is 0 Å². The highest BCUT2D eigenvalue weighted by Crippen LogP contribution is 2.49. The molecule has 0 saturated heterocycles. The number of fused-ring (bicyclic) bond motifs is 8. The average Bonchev–Trinajstić information content (AvgIpc) is 3.75. The van der Waals surface area contributed by atoms with Crippen molar-refractivity contribution in [3.63, 3.8) is 0 Å². The van der Waals surface area contributed by atoms with Crippen LogP contribution >= 0.6 is 0 Å². The van der Waals surface area contributed by atoms with Crippen molar-refractivity contribution in [2.45, 2.75) is 0 Å². The van der Waals surface area contributed by atoms with Crippen LogP contribution in [-0.4, -0.2) is 0 Å². The first-order chi connectivity index (χ1) is 24.3. The molecular formula is C46H29NO2. The fourth-order valence-electron chi connectivity index (χ4n) is 7.49. The zero-order chi connectivity index (χ0) is 32.3. The summed E-state index contributed by atoms with van der Waals surface area (Å²) in [5.74, 6) is 0. The van der Waals surface area contributed by atoms with Gasteiger partial charge in [0, 0.05) is 16.5 Å². The summed E-state index contributed by atoms with van der Waals surface area (Å²) in [6.07, 6.45) is 0. The van der Waals surface area contributed by atoms with E-state index in [2.05, 4.69) is 169 Å². The third-order valence-corrected chi connectivity index (χ3v) is 9.66. The molecule has 0 bridgehead atoms.